The normalized spacial score (nSPS) is 24.1. The summed E-state index contributed by atoms with van der Waals surface area (Å²) in [6, 6.07) is 11.0. The maximum absolute atomic E-state index is 12.0. The lowest BCUT2D eigenvalue weighted by atomic mass is 9.81. The largest absolute Gasteiger partial charge is 0.353 e. The number of carbonyl (C=O) groups excluding carboxylic acids is 1. The molecule has 0 spiro atoms. The third-order valence-electron chi connectivity index (χ3n) is 4.49. The van der Waals surface area contributed by atoms with Crippen LogP contribution in [0.1, 0.15) is 50.5 Å². The molecule has 0 radical (unpaired) electrons. The zero-order chi connectivity index (χ0) is 14.4. The molecule has 0 bridgehead atoms. The predicted molar refractivity (Wildman–Crippen MR) is 82.4 cm³/mol. The van der Waals surface area contributed by atoms with Gasteiger partial charge >= 0.3 is 0 Å². The second-order valence-electron chi connectivity index (χ2n) is 5.81. The van der Waals surface area contributed by atoms with Crippen molar-refractivity contribution in [1.82, 2.24) is 5.32 Å². The fraction of sp³-hybridized carbons (Fsp3) is 0.588. The Hall–Kier alpha value is -1.35. The van der Waals surface area contributed by atoms with Gasteiger partial charge in [0.2, 0.25) is 5.91 Å². The van der Waals surface area contributed by atoms with E-state index in [-0.39, 0.29) is 11.8 Å². The van der Waals surface area contributed by atoms with Crippen molar-refractivity contribution < 1.29 is 4.79 Å². The molecule has 1 aromatic rings. The lowest BCUT2D eigenvalue weighted by molar-refractivity contribution is -0.125. The van der Waals surface area contributed by atoms with Gasteiger partial charge in [-0.1, -0.05) is 37.3 Å². The van der Waals surface area contributed by atoms with Gasteiger partial charge < -0.3 is 11.1 Å². The standard InChI is InChI=1S/C17H26N2O/c1-2-13(12-18)17(20)19-16-10-8-15(9-11-16)14-6-4-3-5-7-14/h3-7,13,15-16H,2,8-12,18H2,1H3,(H,19,20). The van der Waals surface area contributed by atoms with Crippen LogP contribution in [0.25, 0.3) is 0 Å². The summed E-state index contributed by atoms with van der Waals surface area (Å²) in [4.78, 5) is 12.0. The summed E-state index contributed by atoms with van der Waals surface area (Å²) in [5, 5.41) is 3.17. The van der Waals surface area contributed by atoms with Crippen LogP contribution in [0.2, 0.25) is 0 Å². The van der Waals surface area contributed by atoms with Crippen LogP contribution < -0.4 is 11.1 Å². The second kappa shape index (κ2) is 7.44. The number of hydrogen-bond donors (Lipinski definition) is 2. The van der Waals surface area contributed by atoms with E-state index in [1.807, 2.05) is 6.92 Å². The minimum absolute atomic E-state index is 0.0261. The van der Waals surface area contributed by atoms with Crippen molar-refractivity contribution in [2.45, 2.75) is 51.0 Å². The highest BCUT2D eigenvalue weighted by atomic mass is 16.1. The molecule has 0 saturated heterocycles. The third kappa shape index (κ3) is 3.83. The fourth-order valence-electron chi connectivity index (χ4n) is 3.07. The van der Waals surface area contributed by atoms with E-state index in [1.54, 1.807) is 0 Å². The van der Waals surface area contributed by atoms with Gasteiger partial charge in [0.05, 0.1) is 0 Å². The van der Waals surface area contributed by atoms with Crippen LogP contribution in [0.3, 0.4) is 0 Å². The highest BCUT2D eigenvalue weighted by molar-refractivity contribution is 5.79. The van der Waals surface area contributed by atoms with Crippen LogP contribution in [0, 0.1) is 5.92 Å². The lowest BCUT2D eigenvalue weighted by Crippen LogP contribution is -2.42. The van der Waals surface area contributed by atoms with Crippen molar-refractivity contribution in [2.75, 3.05) is 6.54 Å². The smallest absolute Gasteiger partial charge is 0.224 e. The van der Waals surface area contributed by atoms with E-state index in [0.29, 0.717) is 18.5 Å². The Kier molecular flexibility index (Phi) is 5.60. The van der Waals surface area contributed by atoms with Gasteiger partial charge in [-0.25, -0.2) is 0 Å². The van der Waals surface area contributed by atoms with Crippen molar-refractivity contribution in [3.05, 3.63) is 35.9 Å². The summed E-state index contributed by atoms with van der Waals surface area (Å²) >= 11 is 0. The molecule has 0 heterocycles. The van der Waals surface area contributed by atoms with E-state index in [1.165, 1.54) is 5.56 Å². The Bertz CT molecular complexity index is 406. The SMILES string of the molecule is CCC(CN)C(=O)NC1CCC(c2ccccc2)CC1. The molecule has 20 heavy (non-hydrogen) atoms. The molecule has 0 aromatic heterocycles. The van der Waals surface area contributed by atoms with Crippen molar-refractivity contribution >= 4 is 5.91 Å². The van der Waals surface area contributed by atoms with E-state index >= 15 is 0 Å². The number of amides is 1. The summed E-state index contributed by atoms with van der Waals surface area (Å²) in [6.07, 6.45) is 5.29. The highest BCUT2D eigenvalue weighted by Gasteiger charge is 2.25. The number of hydrogen-bond acceptors (Lipinski definition) is 2. The van der Waals surface area contributed by atoms with E-state index in [0.717, 1.165) is 32.1 Å². The van der Waals surface area contributed by atoms with Crippen molar-refractivity contribution in [1.29, 1.82) is 0 Å². The molecule has 1 unspecified atom stereocenters. The number of nitrogens with one attached hydrogen (secondary N) is 1. The number of rotatable bonds is 5. The van der Waals surface area contributed by atoms with Crippen LogP contribution in [-0.2, 0) is 4.79 Å². The molecule has 3 N–H and O–H groups in total. The number of carbonyl (C=O) groups is 1. The summed E-state index contributed by atoms with van der Waals surface area (Å²) in [7, 11) is 0. The zero-order valence-corrected chi connectivity index (χ0v) is 12.3. The number of benzene rings is 1. The zero-order valence-electron chi connectivity index (χ0n) is 12.3. The van der Waals surface area contributed by atoms with E-state index in [4.69, 9.17) is 5.73 Å². The Morgan fingerprint density at radius 1 is 1.25 bits per heavy atom. The monoisotopic (exact) mass is 274 g/mol. The van der Waals surface area contributed by atoms with Crippen molar-refractivity contribution in [3.63, 3.8) is 0 Å². The molecule has 2 rings (SSSR count). The maximum Gasteiger partial charge on any atom is 0.224 e. The van der Waals surface area contributed by atoms with Gasteiger partial charge in [0.1, 0.15) is 0 Å². The topological polar surface area (TPSA) is 55.1 Å². The van der Waals surface area contributed by atoms with Crippen LogP contribution in [0.15, 0.2) is 30.3 Å². The molecule has 110 valence electrons. The van der Waals surface area contributed by atoms with Gasteiger partial charge in [0.25, 0.3) is 0 Å². The van der Waals surface area contributed by atoms with Gasteiger partial charge in [-0.2, -0.15) is 0 Å². The Morgan fingerprint density at radius 3 is 2.45 bits per heavy atom. The Balaban J connectivity index is 1.81. The average molecular weight is 274 g/mol. The molecule has 1 aliphatic rings. The molecule has 3 heteroatoms. The van der Waals surface area contributed by atoms with Crippen LogP contribution in [-0.4, -0.2) is 18.5 Å². The first-order valence-corrected chi connectivity index (χ1v) is 7.80. The van der Waals surface area contributed by atoms with Gasteiger partial charge in [0, 0.05) is 18.5 Å². The average Bonchev–Trinajstić information content (AvgIpc) is 2.50. The molecule has 1 aliphatic carbocycles. The van der Waals surface area contributed by atoms with Gasteiger partial charge in [0.15, 0.2) is 0 Å². The van der Waals surface area contributed by atoms with Crippen LogP contribution in [0.4, 0.5) is 0 Å². The van der Waals surface area contributed by atoms with Crippen molar-refractivity contribution in [3.8, 4) is 0 Å². The molecule has 1 fully saturated rings. The minimum atomic E-state index is -0.0261. The summed E-state index contributed by atoms with van der Waals surface area (Å²) in [6.45, 7) is 2.46. The molecular formula is C17H26N2O. The molecule has 3 nitrogen and oxygen atoms in total. The maximum atomic E-state index is 12.0. The van der Waals surface area contributed by atoms with Gasteiger partial charge in [-0.15, -0.1) is 0 Å². The van der Waals surface area contributed by atoms with E-state index in [2.05, 4.69) is 35.6 Å². The van der Waals surface area contributed by atoms with Crippen molar-refractivity contribution in [2.24, 2.45) is 11.7 Å². The first kappa shape index (κ1) is 15.0. The predicted octanol–water partition coefficient (Wildman–Crippen LogP) is 2.81. The van der Waals surface area contributed by atoms with E-state index < -0.39 is 0 Å². The Labute approximate surface area is 121 Å². The second-order valence-corrected chi connectivity index (χ2v) is 5.81. The first-order chi connectivity index (χ1) is 9.74. The molecule has 1 saturated carbocycles. The Morgan fingerprint density at radius 2 is 1.90 bits per heavy atom. The molecule has 0 aliphatic heterocycles. The summed E-state index contributed by atoms with van der Waals surface area (Å²) < 4.78 is 0. The van der Waals surface area contributed by atoms with Gasteiger partial charge in [-0.3, -0.25) is 4.79 Å². The highest BCUT2D eigenvalue weighted by Crippen LogP contribution is 2.32. The quantitative estimate of drug-likeness (QED) is 0.867. The molecule has 1 amide bonds. The summed E-state index contributed by atoms with van der Waals surface area (Å²) in [5.74, 6) is 0.765. The van der Waals surface area contributed by atoms with Gasteiger partial charge in [-0.05, 0) is 43.6 Å². The summed E-state index contributed by atoms with van der Waals surface area (Å²) in [5.41, 5.74) is 7.06. The third-order valence-corrected chi connectivity index (χ3v) is 4.49. The molecular weight excluding hydrogens is 248 g/mol. The lowest BCUT2D eigenvalue weighted by Gasteiger charge is -2.30. The number of nitrogens with two attached hydrogens (primary N) is 1. The molecule has 1 aromatic carbocycles. The first-order valence-electron chi connectivity index (χ1n) is 7.80. The van der Waals surface area contributed by atoms with Crippen LogP contribution >= 0.6 is 0 Å². The minimum Gasteiger partial charge on any atom is -0.353 e. The fourth-order valence-corrected chi connectivity index (χ4v) is 3.07. The molecule has 1 atom stereocenters. The van der Waals surface area contributed by atoms with E-state index in [9.17, 15) is 4.79 Å². The van der Waals surface area contributed by atoms with Crippen LogP contribution in [0.5, 0.6) is 0 Å².